The molecule has 0 aliphatic rings. The Hall–Kier alpha value is -2.00. The number of aromatic amines is 1. The molecule has 98 valence electrons. The molecule has 10 heteroatoms. The predicted molar refractivity (Wildman–Crippen MR) is 45.8 cm³/mol. The van der Waals surface area contributed by atoms with Crippen LogP contribution in [0.25, 0.3) is 5.78 Å². The van der Waals surface area contributed by atoms with Crippen molar-refractivity contribution in [2.24, 2.45) is 0 Å². The zero-order valence-corrected chi connectivity index (χ0v) is 8.23. The molecular formula is C8H3F6N3O. The Morgan fingerprint density at radius 2 is 1.72 bits per heavy atom. The monoisotopic (exact) mass is 271 g/mol. The minimum absolute atomic E-state index is 0.126. The van der Waals surface area contributed by atoms with Gasteiger partial charge >= 0.3 is 12.4 Å². The Kier molecular flexibility index (Phi) is 2.42. The van der Waals surface area contributed by atoms with Crippen molar-refractivity contribution in [1.29, 1.82) is 0 Å². The number of halogens is 6. The number of H-pyrrole nitrogens is 1. The molecule has 2 aromatic heterocycles. The molecule has 4 nitrogen and oxygen atoms in total. The zero-order valence-electron chi connectivity index (χ0n) is 8.23. The predicted octanol–water partition coefficient (Wildman–Crippen LogP) is 2.06. The van der Waals surface area contributed by atoms with E-state index in [1.807, 2.05) is 0 Å². The number of alkyl halides is 6. The average molecular weight is 271 g/mol. The maximum Gasteiger partial charge on any atom is 0.433 e. The normalized spacial score (nSPS) is 13.2. The highest BCUT2D eigenvalue weighted by atomic mass is 19.4. The van der Waals surface area contributed by atoms with E-state index in [-0.39, 0.29) is 6.07 Å². The number of fused-ring (bicyclic) bond motifs is 1. The van der Waals surface area contributed by atoms with Crippen molar-refractivity contribution in [3.63, 3.8) is 0 Å². The van der Waals surface area contributed by atoms with Crippen molar-refractivity contribution in [3.8, 4) is 0 Å². The van der Waals surface area contributed by atoms with E-state index in [2.05, 4.69) is 4.98 Å². The summed E-state index contributed by atoms with van der Waals surface area (Å²) in [6, 6.07) is 0.126. The van der Waals surface area contributed by atoms with E-state index in [0.29, 0.717) is 10.6 Å². The van der Waals surface area contributed by atoms with Crippen LogP contribution in [0.4, 0.5) is 26.3 Å². The Labute approximate surface area is 93.9 Å². The lowest BCUT2D eigenvalue weighted by Gasteiger charge is -2.04. The third kappa shape index (κ3) is 2.05. The van der Waals surface area contributed by atoms with Gasteiger partial charge in [0, 0.05) is 12.3 Å². The third-order valence-electron chi connectivity index (χ3n) is 2.05. The lowest BCUT2D eigenvalue weighted by Crippen LogP contribution is -2.18. The molecular weight excluding hydrogens is 268 g/mol. The minimum Gasteiger partial charge on any atom is -0.320 e. The fraction of sp³-hybridized carbons (Fsp3) is 0.250. The van der Waals surface area contributed by atoms with Crippen LogP contribution < -0.4 is 5.56 Å². The van der Waals surface area contributed by atoms with Crippen molar-refractivity contribution < 1.29 is 26.3 Å². The fourth-order valence-corrected chi connectivity index (χ4v) is 1.28. The van der Waals surface area contributed by atoms with Crippen LogP contribution in [0.5, 0.6) is 0 Å². The second-order valence-corrected chi connectivity index (χ2v) is 3.34. The lowest BCUT2D eigenvalue weighted by atomic mass is 10.4. The molecule has 0 unspecified atom stereocenters. The third-order valence-corrected chi connectivity index (χ3v) is 2.05. The van der Waals surface area contributed by atoms with Crippen molar-refractivity contribution in [2.75, 3.05) is 0 Å². The molecule has 0 atom stereocenters. The molecule has 0 fully saturated rings. The quantitative estimate of drug-likeness (QED) is 0.745. The molecule has 2 aromatic rings. The van der Waals surface area contributed by atoms with Crippen molar-refractivity contribution in [3.05, 3.63) is 34.0 Å². The number of hydrogen-bond donors (Lipinski definition) is 1. The molecule has 0 bridgehead atoms. The van der Waals surface area contributed by atoms with Crippen LogP contribution in [0, 0.1) is 0 Å². The van der Waals surface area contributed by atoms with Gasteiger partial charge in [-0.15, -0.1) is 0 Å². The van der Waals surface area contributed by atoms with Crippen LogP contribution >= 0.6 is 0 Å². The fourth-order valence-electron chi connectivity index (χ4n) is 1.28. The Bertz CT molecular complexity index is 649. The van der Waals surface area contributed by atoms with Crippen molar-refractivity contribution in [1.82, 2.24) is 14.4 Å². The molecule has 2 heterocycles. The maximum atomic E-state index is 12.3. The number of aromatic nitrogens is 3. The molecule has 0 saturated heterocycles. The summed E-state index contributed by atoms with van der Waals surface area (Å²) in [7, 11) is 0. The van der Waals surface area contributed by atoms with Gasteiger partial charge in [-0.2, -0.15) is 26.3 Å². The molecule has 0 radical (unpaired) electrons. The summed E-state index contributed by atoms with van der Waals surface area (Å²) in [5, 5.41) is 0. The minimum atomic E-state index is -4.91. The number of hydrogen-bond acceptors (Lipinski definition) is 2. The highest BCUT2D eigenvalue weighted by Gasteiger charge is 2.36. The highest BCUT2D eigenvalue weighted by molar-refractivity contribution is 5.33. The van der Waals surface area contributed by atoms with Crippen molar-refractivity contribution >= 4 is 5.78 Å². The van der Waals surface area contributed by atoms with Gasteiger partial charge in [0.1, 0.15) is 5.69 Å². The van der Waals surface area contributed by atoms with Crippen LogP contribution in [0.1, 0.15) is 11.4 Å². The average Bonchev–Trinajstić information content (AvgIpc) is 2.59. The van der Waals surface area contributed by atoms with Gasteiger partial charge in [0.25, 0.3) is 5.56 Å². The molecule has 0 aliphatic carbocycles. The summed E-state index contributed by atoms with van der Waals surface area (Å²) >= 11 is 0. The van der Waals surface area contributed by atoms with E-state index in [0.717, 1.165) is 0 Å². The van der Waals surface area contributed by atoms with Gasteiger partial charge in [-0.25, -0.2) is 4.98 Å². The summed E-state index contributed by atoms with van der Waals surface area (Å²) < 4.78 is 74.1. The van der Waals surface area contributed by atoms with E-state index in [1.165, 1.54) is 0 Å². The highest BCUT2D eigenvalue weighted by Crippen LogP contribution is 2.29. The van der Waals surface area contributed by atoms with Crippen molar-refractivity contribution in [2.45, 2.75) is 12.4 Å². The van der Waals surface area contributed by atoms with Gasteiger partial charge in [0.15, 0.2) is 5.69 Å². The van der Waals surface area contributed by atoms with Crippen LogP contribution in [0.3, 0.4) is 0 Å². The topological polar surface area (TPSA) is 50.2 Å². The van der Waals surface area contributed by atoms with Gasteiger partial charge in [0.05, 0.1) is 0 Å². The standard InChI is InChI=1S/C8H3F6N3O/c9-7(10,11)3-1-5(18)17-2-4(8(12,13)14)16-6(17)15-3/h1-2H,(H,15,16). The van der Waals surface area contributed by atoms with Crippen LogP contribution in [-0.4, -0.2) is 14.4 Å². The van der Waals surface area contributed by atoms with E-state index in [4.69, 9.17) is 0 Å². The Balaban J connectivity index is 2.71. The molecule has 0 amide bonds. The van der Waals surface area contributed by atoms with E-state index in [9.17, 15) is 31.1 Å². The van der Waals surface area contributed by atoms with E-state index >= 15 is 0 Å². The van der Waals surface area contributed by atoms with Gasteiger partial charge < -0.3 is 4.98 Å². The first-order valence-corrected chi connectivity index (χ1v) is 4.36. The number of nitrogens with zero attached hydrogens (tertiary/aromatic N) is 2. The van der Waals surface area contributed by atoms with E-state index in [1.54, 1.807) is 4.98 Å². The van der Waals surface area contributed by atoms with Gasteiger partial charge in [-0.05, 0) is 0 Å². The van der Waals surface area contributed by atoms with Gasteiger partial charge in [-0.3, -0.25) is 9.20 Å². The molecule has 2 rings (SSSR count). The first-order valence-electron chi connectivity index (χ1n) is 4.36. The Morgan fingerprint density at radius 3 is 2.22 bits per heavy atom. The smallest absolute Gasteiger partial charge is 0.320 e. The zero-order chi connectivity index (χ0) is 13.7. The summed E-state index contributed by atoms with van der Waals surface area (Å²) in [6.07, 6.45) is -9.36. The number of nitrogens with one attached hydrogen (secondary N) is 1. The number of imidazole rings is 1. The Morgan fingerprint density at radius 1 is 1.11 bits per heavy atom. The van der Waals surface area contributed by atoms with Crippen LogP contribution in [0.2, 0.25) is 0 Å². The summed E-state index contributed by atoms with van der Waals surface area (Å²) in [4.78, 5) is 15.8. The molecule has 1 N–H and O–H groups in total. The summed E-state index contributed by atoms with van der Waals surface area (Å²) in [6.45, 7) is 0. The largest absolute Gasteiger partial charge is 0.433 e. The van der Waals surface area contributed by atoms with E-state index < -0.39 is 35.1 Å². The molecule has 18 heavy (non-hydrogen) atoms. The first kappa shape index (κ1) is 12.5. The summed E-state index contributed by atoms with van der Waals surface area (Å²) in [5.74, 6) is -0.817. The molecule has 0 spiro atoms. The summed E-state index contributed by atoms with van der Waals surface area (Å²) in [5.41, 5.74) is -4.16. The van der Waals surface area contributed by atoms with Crippen LogP contribution in [-0.2, 0) is 12.4 Å². The second kappa shape index (κ2) is 3.50. The molecule has 0 aromatic carbocycles. The van der Waals surface area contributed by atoms with Crippen LogP contribution in [0.15, 0.2) is 17.1 Å². The lowest BCUT2D eigenvalue weighted by molar-refractivity contribution is -0.141. The SMILES string of the molecule is O=c1cc(C(F)(F)F)nc2[nH]c(C(F)(F)F)cn12. The molecule has 0 aliphatic heterocycles. The second-order valence-electron chi connectivity index (χ2n) is 3.34. The molecule has 0 saturated carbocycles. The number of rotatable bonds is 0. The maximum absolute atomic E-state index is 12.3. The van der Waals surface area contributed by atoms with Gasteiger partial charge in [-0.1, -0.05) is 0 Å². The van der Waals surface area contributed by atoms with Gasteiger partial charge in [0.2, 0.25) is 5.78 Å². The first-order chi connectivity index (χ1) is 8.09.